The second-order valence-corrected chi connectivity index (χ2v) is 4.88. The van der Waals surface area contributed by atoms with Gasteiger partial charge in [-0.1, -0.05) is 6.92 Å². The van der Waals surface area contributed by atoms with Crippen LogP contribution in [0.15, 0.2) is 34.7 Å². The van der Waals surface area contributed by atoms with Gasteiger partial charge in [0.05, 0.1) is 22.7 Å². The molecule has 100 valence electrons. The highest BCUT2D eigenvalue weighted by Crippen LogP contribution is 2.28. The molecule has 0 atom stereocenters. The molecule has 20 heavy (non-hydrogen) atoms. The fourth-order valence-electron chi connectivity index (χ4n) is 2.27. The minimum absolute atomic E-state index is 0.341. The summed E-state index contributed by atoms with van der Waals surface area (Å²) in [6.07, 6.45) is 0.979. The molecule has 2 aromatic heterocycles. The normalized spacial score (nSPS) is 10.8. The van der Waals surface area contributed by atoms with E-state index >= 15 is 0 Å². The number of halogens is 1. The molecule has 4 nitrogen and oxygen atoms in total. The molecule has 3 aromatic rings. The Kier molecular flexibility index (Phi) is 3.21. The Balaban J connectivity index is 2.25. The van der Waals surface area contributed by atoms with Crippen molar-refractivity contribution < 1.29 is 4.42 Å². The third-order valence-electron chi connectivity index (χ3n) is 3.12. The van der Waals surface area contributed by atoms with Crippen LogP contribution in [-0.4, -0.2) is 9.55 Å². The smallest absolute Gasteiger partial charge is 0.194 e. The summed E-state index contributed by atoms with van der Waals surface area (Å²) < 4.78 is 7.55. The second-order valence-electron chi connectivity index (χ2n) is 4.51. The van der Waals surface area contributed by atoms with Gasteiger partial charge in [-0.15, -0.1) is 0 Å². The molecule has 0 aliphatic rings. The van der Waals surface area contributed by atoms with E-state index in [1.807, 2.05) is 6.07 Å². The molecule has 0 radical (unpaired) electrons. The molecular formula is C15H12ClN3O. The van der Waals surface area contributed by atoms with Gasteiger partial charge < -0.3 is 8.98 Å². The van der Waals surface area contributed by atoms with Crippen LogP contribution in [0.25, 0.3) is 22.6 Å². The molecule has 0 N–H and O–H groups in total. The molecule has 0 fully saturated rings. The summed E-state index contributed by atoms with van der Waals surface area (Å²) in [4.78, 5) is 4.58. The lowest BCUT2D eigenvalue weighted by molar-refractivity contribution is 0.570. The van der Waals surface area contributed by atoms with E-state index in [-0.39, 0.29) is 0 Å². The number of hydrogen-bond donors (Lipinski definition) is 0. The molecule has 1 aromatic carbocycles. The number of nitriles is 1. The van der Waals surface area contributed by atoms with Gasteiger partial charge in [0.15, 0.2) is 16.8 Å². The van der Waals surface area contributed by atoms with Crippen molar-refractivity contribution >= 4 is 22.6 Å². The number of aryl methyl sites for hydroxylation is 1. The van der Waals surface area contributed by atoms with E-state index in [0.29, 0.717) is 16.5 Å². The van der Waals surface area contributed by atoms with Crippen LogP contribution in [0.2, 0.25) is 5.22 Å². The number of furan rings is 1. The van der Waals surface area contributed by atoms with Gasteiger partial charge in [0, 0.05) is 6.54 Å². The maximum Gasteiger partial charge on any atom is 0.194 e. The predicted molar refractivity (Wildman–Crippen MR) is 77.5 cm³/mol. The first kappa shape index (κ1) is 12.8. The van der Waals surface area contributed by atoms with Crippen LogP contribution < -0.4 is 0 Å². The zero-order chi connectivity index (χ0) is 14.1. The first-order chi connectivity index (χ1) is 9.72. The Hall–Kier alpha value is -2.25. The third kappa shape index (κ3) is 2.06. The lowest BCUT2D eigenvalue weighted by Gasteiger charge is -2.05. The lowest BCUT2D eigenvalue weighted by Crippen LogP contribution is -1.98. The zero-order valence-electron chi connectivity index (χ0n) is 10.9. The van der Waals surface area contributed by atoms with Gasteiger partial charge in [-0.2, -0.15) is 5.26 Å². The first-order valence-corrected chi connectivity index (χ1v) is 6.77. The van der Waals surface area contributed by atoms with E-state index in [2.05, 4.69) is 22.5 Å². The van der Waals surface area contributed by atoms with Crippen molar-refractivity contribution in [2.75, 3.05) is 0 Å². The Morgan fingerprint density at radius 1 is 1.35 bits per heavy atom. The first-order valence-electron chi connectivity index (χ1n) is 6.39. The highest BCUT2D eigenvalue weighted by molar-refractivity contribution is 6.28. The zero-order valence-corrected chi connectivity index (χ0v) is 11.7. The Labute approximate surface area is 121 Å². The van der Waals surface area contributed by atoms with Gasteiger partial charge in [0.1, 0.15) is 0 Å². The molecule has 0 unspecified atom stereocenters. The van der Waals surface area contributed by atoms with Crippen LogP contribution >= 0.6 is 11.6 Å². The average molecular weight is 286 g/mol. The van der Waals surface area contributed by atoms with Crippen LogP contribution in [0.5, 0.6) is 0 Å². The van der Waals surface area contributed by atoms with E-state index in [9.17, 15) is 0 Å². The van der Waals surface area contributed by atoms with Gasteiger partial charge in [-0.25, -0.2) is 4.98 Å². The SMILES string of the molecule is CCCn1c(-c2ccc(Cl)o2)nc2cc(C#N)ccc21. The maximum atomic E-state index is 8.98. The number of fused-ring (bicyclic) bond motifs is 1. The van der Waals surface area contributed by atoms with Gasteiger partial charge in [0.25, 0.3) is 0 Å². The number of rotatable bonds is 3. The van der Waals surface area contributed by atoms with Crippen LogP contribution in [0, 0.1) is 11.3 Å². The summed E-state index contributed by atoms with van der Waals surface area (Å²) in [6, 6.07) is 11.1. The number of benzene rings is 1. The number of aromatic nitrogens is 2. The Bertz CT molecular complexity index is 810. The van der Waals surface area contributed by atoms with Crippen molar-refractivity contribution in [1.29, 1.82) is 5.26 Å². The van der Waals surface area contributed by atoms with Gasteiger partial charge in [0.2, 0.25) is 0 Å². The summed E-state index contributed by atoms with van der Waals surface area (Å²) in [5, 5.41) is 9.32. The molecule has 0 aliphatic carbocycles. The fraction of sp³-hybridized carbons (Fsp3) is 0.200. The van der Waals surface area contributed by atoms with Gasteiger partial charge >= 0.3 is 0 Å². The minimum Gasteiger partial charge on any atom is -0.441 e. The average Bonchev–Trinajstić information content (AvgIpc) is 3.03. The third-order valence-corrected chi connectivity index (χ3v) is 3.32. The largest absolute Gasteiger partial charge is 0.441 e. The molecule has 0 aliphatic heterocycles. The van der Waals surface area contributed by atoms with E-state index in [4.69, 9.17) is 21.3 Å². The molecule has 2 heterocycles. The van der Waals surface area contributed by atoms with E-state index in [0.717, 1.165) is 29.8 Å². The molecule has 0 amide bonds. The number of nitrogens with zero attached hydrogens (tertiary/aromatic N) is 3. The summed E-state index contributed by atoms with van der Waals surface area (Å²) >= 11 is 5.84. The lowest BCUT2D eigenvalue weighted by atomic mass is 10.2. The summed E-state index contributed by atoms with van der Waals surface area (Å²) in [6.45, 7) is 2.93. The second kappa shape index (κ2) is 5.03. The summed E-state index contributed by atoms with van der Waals surface area (Å²) in [5.41, 5.74) is 2.39. The highest BCUT2D eigenvalue weighted by Gasteiger charge is 2.15. The fourth-order valence-corrected chi connectivity index (χ4v) is 2.42. The molecule has 0 bridgehead atoms. The minimum atomic E-state index is 0.341. The van der Waals surface area contributed by atoms with E-state index in [1.54, 1.807) is 24.3 Å². The van der Waals surface area contributed by atoms with Crippen LogP contribution in [0.4, 0.5) is 0 Å². The molecule has 0 spiro atoms. The van der Waals surface area contributed by atoms with E-state index in [1.165, 1.54) is 0 Å². The topological polar surface area (TPSA) is 54.8 Å². The summed E-state index contributed by atoms with van der Waals surface area (Å²) in [5.74, 6) is 1.38. The van der Waals surface area contributed by atoms with Crippen molar-refractivity contribution in [3.63, 3.8) is 0 Å². The van der Waals surface area contributed by atoms with Crippen molar-refractivity contribution in [3.05, 3.63) is 41.1 Å². The van der Waals surface area contributed by atoms with Gasteiger partial charge in [-0.05, 0) is 48.4 Å². The van der Waals surface area contributed by atoms with Crippen molar-refractivity contribution in [2.45, 2.75) is 19.9 Å². The molecule has 0 saturated heterocycles. The van der Waals surface area contributed by atoms with Crippen LogP contribution in [-0.2, 0) is 6.54 Å². The van der Waals surface area contributed by atoms with Crippen LogP contribution in [0.1, 0.15) is 18.9 Å². The number of imidazole rings is 1. The molecular weight excluding hydrogens is 274 g/mol. The molecule has 3 rings (SSSR count). The van der Waals surface area contributed by atoms with Crippen molar-refractivity contribution in [2.24, 2.45) is 0 Å². The van der Waals surface area contributed by atoms with Gasteiger partial charge in [-0.3, -0.25) is 0 Å². The molecule has 5 heteroatoms. The van der Waals surface area contributed by atoms with Crippen LogP contribution in [0.3, 0.4) is 0 Å². The Morgan fingerprint density at radius 2 is 2.20 bits per heavy atom. The highest BCUT2D eigenvalue weighted by atomic mass is 35.5. The standard InChI is InChI=1S/C15H12ClN3O/c1-2-7-19-12-4-3-10(9-17)8-11(12)18-15(19)13-5-6-14(16)20-13/h3-6,8H,2,7H2,1H3. The van der Waals surface area contributed by atoms with Crippen molar-refractivity contribution in [1.82, 2.24) is 9.55 Å². The molecule has 0 saturated carbocycles. The number of hydrogen-bond acceptors (Lipinski definition) is 3. The monoisotopic (exact) mass is 285 g/mol. The summed E-state index contributed by atoms with van der Waals surface area (Å²) in [7, 11) is 0. The predicted octanol–water partition coefficient (Wildman–Crippen LogP) is 4.23. The van der Waals surface area contributed by atoms with Crippen molar-refractivity contribution in [3.8, 4) is 17.7 Å². The Morgan fingerprint density at radius 3 is 2.85 bits per heavy atom. The quantitative estimate of drug-likeness (QED) is 0.723. The maximum absolute atomic E-state index is 8.98. The van der Waals surface area contributed by atoms with E-state index < -0.39 is 0 Å².